The van der Waals surface area contributed by atoms with E-state index in [0.717, 1.165) is 26.2 Å². The molecule has 1 fully saturated rings. The van der Waals surface area contributed by atoms with Gasteiger partial charge < -0.3 is 4.90 Å². The van der Waals surface area contributed by atoms with Gasteiger partial charge in [-0.15, -0.1) is 0 Å². The Morgan fingerprint density at radius 2 is 1.87 bits per heavy atom. The van der Waals surface area contributed by atoms with Crippen molar-refractivity contribution in [2.24, 2.45) is 4.99 Å². The third kappa shape index (κ3) is 4.94. The molecule has 0 amide bonds. The molecule has 0 aliphatic carbocycles. The molecule has 7 heteroatoms. The van der Waals surface area contributed by atoms with Crippen LogP contribution in [0.2, 0.25) is 0 Å². The molecule has 0 radical (unpaired) electrons. The van der Waals surface area contributed by atoms with Crippen molar-refractivity contribution in [2.45, 2.75) is 44.4 Å². The van der Waals surface area contributed by atoms with Crippen molar-refractivity contribution in [3.05, 3.63) is 12.7 Å². The predicted molar refractivity (Wildman–Crippen MR) is 95.9 cm³/mol. The average molecular weight is 337 g/mol. The number of aryl methyl sites for hydroxylation is 1. The summed E-state index contributed by atoms with van der Waals surface area (Å²) in [6.07, 6.45) is 7.12. The summed E-state index contributed by atoms with van der Waals surface area (Å²) in [6, 6.07) is 0. The lowest BCUT2D eigenvalue weighted by Crippen LogP contribution is -2.48. The summed E-state index contributed by atoms with van der Waals surface area (Å²) in [7, 11) is 0. The Bertz CT molecular complexity index is 505. The fourth-order valence-corrected chi connectivity index (χ4v) is 4.10. The van der Waals surface area contributed by atoms with Crippen molar-refractivity contribution in [3.63, 3.8) is 0 Å². The summed E-state index contributed by atoms with van der Waals surface area (Å²) in [5.74, 6) is 0. The van der Waals surface area contributed by atoms with Gasteiger partial charge in [0, 0.05) is 37.5 Å². The Morgan fingerprint density at radius 1 is 1.09 bits per heavy atom. The van der Waals surface area contributed by atoms with E-state index in [0.29, 0.717) is 0 Å². The molecule has 0 spiro atoms. The minimum Gasteiger partial charge on any atom is -0.349 e. The summed E-state index contributed by atoms with van der Waals surface area (Å²) in [5, 5.41) is 5.40. The van der Waals surface area contributed by atoms with Gasteiger partial charge in [0.05, 0.1) is 6.54 Å². The molecule has 0 atom stereocenters. The maximum atomic E-state index is 4.72. The van der Waals surface area contributed by atoms with E-state index in [-0.39, 0.29) is 4.75 Å². The Morgan fingerprint density at radius 3 is 2.52 bits per heavy atom. The van der Waals surface area contributed by atoms with E-state index in [4.69, 9.17) is 4.99 Å². The molecule has 1 aromatic heterocycles. The van der Waals surface area contributed by atoms with Crippen LogP contribution in [0.3, 0.4) is 0 Å². The molecule has 1 aromatic rings. The van der Waals surface area contributed by atoms with Crippen LogP contribution in [-0.4, -0.2) is 73.7 Å². The van der Waals surface area contributed by atoms with Crippen molar-refractivity contribution < 1.29 is 0 Å². The summed E-state index contributed by atoms with van der Waals surface area (Å²) >= 11 is 1.94. The van der Waals surface area contributed by atoms with Gasteiger partial charge in [0.2, 0.25) is 0 Å². The number of amidine groups is 1. The van der Waals surface area contributed by atoms with Crippen molar-refractivity contribution in [1.82, 2.24) is 24.6 Å². The number of hydrogen-bond acceptors (Lipinski definition) is 6. The van der Waals surface area contributed by atoms with E-state index < -0.39 is 0 Å². The molecule has 23 heavy (non-hydrogen) atoms. The van der Waals surface area contributed by atoms with Crippen LogP contribution < -0.4 is 0 Å². The number of hydrogen-bond donors (Lipinski definition) is 0. The first-order valence-electron chi connectivity index (χ1n) is 8.66. The minimum atomic E-state index is 0.288. The standard InChI is InChI=1S/C16H28N6S/c1-16(2)12-18-15(23-16)21-10-8-20(9-11-21)6-4-3-5-7-22-14-17-13-19-22/h13-14H,3-12H2,1-2H3. The molecule has 0 bridgehead atoms. The predicted octanol–water partition coefficient (Wildman–Crippen LogP) is 1.95. The number of piperazine rings is 1. The van der Waals surface area contributed by atoms with E-state index in [1.165, 1.54) is 44.1 Å². The highest BCUT2D eigenvalue weighted by Gasteiger charge is 2.31. The molecule has 2 aliphatic heterocycles. The van der Waals surface area contributed by atoms with Crippen LogP contribution in [-0.2, 0) is 6.54 Å². The van der Waals surface area contributed by atoms with Gasteiger partial charge >= 0.3 is 0 Å². The molecular weight excluding hydrogens is 308 g/mol. The normalized spacial score (nSPS) is 21.7. The van der Waals surface area contributed by atoms with Crippen molar-refractivity contribution in [3.8, 4) is 0 Å². The molecule has 3 heterocycles. The number of thioether (sulfide) groups is 1. The van der Waals surface area contributed by atoms with Crippen molar-refractivity contribution in [1.29, 1.82) is 0 Å². The Kier molecular flexibility index (Phi) is 5.58. The topological polar surface area (TPSA) is 49.5 Å². The molecule has 6 nitrogen and oxygen atoms in total. The molecule has 0 unspecified atom stereocenters. The lowest BCUT2D eigenvalue weighted by Gasteiger charge is -2.36. The van der Waals surface area contributed by atoms with Crippen LogP contribution in [0.1, 0.15) is 33.1 Å². The summed E-state index contributed by atoms with van der Waals surface area (Å²) in [4.78, 5) is 13.8. The SMILES string of the molecule is CC1(C)CN=C(N2CCN(CCCCCn3cncn3)CC2)S1. The molecule has 0 aromatic carbocycles. The van der Waals surface area contributed by atoms with E-state index >= 15 is 0 Å². The van der Waals surface area contributed by atoms with Gasteiger partial charge in [-0.25, -0.2) is 4.98 Å². The van der Waals surface area contributed by atoms with E-state index in [2.05, 4.69) is 33.7 Å². The van der Waals surface area contributed by atoms with Crippen molar-refractivity contribution in [2.75, 3.05) is 39.3 Å². The van der Waals surface area contributed by atoms with Gasteiger partial charge in [0.15, 0.2) is 5.17 Å². The number of nitrogens with zero attached hydrogens (tertiary/aromatic N) is 6. The van der Waals surface area contributed by atoms with Crippen LogP contribution in [0.5, 0.6) is 0 Å². The Balaban J connectivity index is 1.28. The summed E-state index contributed by atoms with van der Waals surface area (Å²) in [6.45, 7) is 12.3. The zero-order chi connectivity index (χ0) is 16.1. The van der Waals surface area contributed by atoms with Crippen LogP contribution >= 0.6 is 11.8 Å². The molecule has 1 saturated heterocycles. The van der Waals surface area contributed by atoms with Crippen LogP contribution in [0.25, 0.3) is 0 Å². The Labute approximate surface area is 143 Å². The zero-order valence-corrected chi connectivity index (χ0v) is 15.1. The molecule has 3 rings (SSSR count). The maximum absolute atomic E-state index is 4.72. The van der Waals surface area contributed by atoms with Crippen LogP contribution in [0.15, 0.2) is 17.6 Å². The zero-order valence-electron chi connectivity index (χ0n) is 14.3. The Hall–Kier alpha value is -1.08. The largest absolute Gasteiger partial charge is 0.349 e. The van der Waals surface area contributed by atoms with Crippen LogP contribution in [0, 0.1) is 0 Å². The number of rotatable bonds is 6. The van der Waals surface area contributed by atoms with Gasteiger partial charge in [-0.2, -0.15) is 5.10 Å². The highest BCUT2D eigenvalue weighted by Crippen LogP contribution is 2.33. The van der Waals surface area contributed by atoms with Crippen LogP contribution in [0.4, 0.5) is 0 Å². The third-order valence-electron chi connectivity index (χ3n) is 4.43. The van der Waals surface area contributed by atoms with Gasteiger partial charge in [-0.3, -0.25) is 14.6 Å². The second kappa shape index (κ2) is 7.66. The summed E-state index contributed by atoms with van der Waals surface area (Å²) in [5.41, 5.74) is 0. The monoisotopic (exact) mass is 336 g/mol. The second-order valence-corrected chi connectivity index (χ2v) is 8.68. The highest BCUT2D eigenvalue weighted by molar-refractivity contribution is 8.15. The van der Waals surface area contributed by atoms with Gasteiger partial charge in [-0.05, 0) is 33.2 Å². The van der Waals surface area contributed by atoms with E-state index in [1.54, 1.807) is 12.7 Å². The molecule has 0 saturated carbocycles. The maximum Gasteiger partial charge on any atom is 0.159 e. The molecule has 0 N–H and O–H groups in total. The third-order valence-corrected chi connectivity index (χ3v) is 5.69. The average Bonchev–Trinajstić information content (AvgIpc) is 3.17. The summed E-state index contributed by atoms with van der Waals surface area (Å²) < 4.78 is 2.21. The molecule has 128 valence electrons. The minimum absolute atomic E-state index is 0.288. The fourth-order valence-electron chi connectivity index (χ4n) is 3.03. The fraction of sp³-hybridized carbons (Fsp3) is 0.812. The first-order chi connectivity index (χ1) is 11.1. The van der Waals surface area contributed by atoms with Gasteiger partial charge in [0.1, 0.15) is 12.7 Å². The van der Waals surface area contributed by atoms with E-state index in [9.17, 15) is 0 Å². The highest BCUT2D eigenvalue weighted by atomic mass is 32.2. The number of aromatic nitrogens is 3. The number of unbranched alkanes of at least 4 members (excludes halogenated alkanes) is 2. The first-order valence-corrected chi connectivity index (χ1v) is 9.47. The quantitative estimate of drug-likeness (QED) is 0.743. The second-order valence-electron chi connectivity index (χ2n) is 7.01. The number of aliphatic imine (C=N–C) groups is 1. The molecule has 2 aliphatic rings. The van der Waals surface area contributed by atoms with Gasteiger partial charge in [0.25, 0.3) is 0 Å². The smallest absolute Gasteiger partial charge is 0.159 e. The van der Waals surface area contributed by atoms with Gasteiger partial charge in [-0.1, -0.05) is 18.2 Å². The lowest BCUT2D eigenvalue weighted by atomic mass is 10.2. The van der Waals surface area contributed by atoms with Crippen molar-refractivity contribution >= 4 is 16.9 Å². The lowest BCUT2D eigenvalue weighted by molar-refractivity contribution is 0.181. The first kappa shape index (κ1) is 16.8. The molecular formula is C16H28N6S. The van der Waals surface area contributed by atoms with E-state index in [1.807, 2.05) is 16.4 Å².